The van der Waals surface area contributed by atoms with Gasteiger partial charge in [-0.15, -0.1) is 0 Å². The molecular weight excluding hydrogens is 316 g/mol. The van der Waals surface area contributed by atoms with Crippen LogP contribution in [0.5, 0.6) is 0 Å². The molecule has 1 aromatic rings. The van der Waals surface area contributed by atoms with Gasteiger partial charge in [-0.25, -0.2) is 0 Å². The summed E-state index contributed by atoms with van der Waals surface area (Å²) in [5.41, 5.74) is -1.22. The van der Waals surface area contributed by atoms with Gasteiger partial charge in [-0.3, -0.25) is 9.59 Å². The summed E-state index contributed by atoms with van der Waals surface area (Å²) in [6.45, 7) is 13.7. The Morgan fingerprint density at radius 3 is 2.00 bits per heavy atom. The average Bonchev–Trinajstić information content (AvgIpc) is 2.53. The van der Waals surface area contributed by atoms with Gasteiger partial charge < -0.3 is 15.3 Å². The van der Waals surface area contributed by atoms with Gasteiger partial charge >= 0.3 is 0 Å². The first kappa shape index (κ1) is 19.4. The van der Waals surface area contributed by atoms with Gasteiger partial charge in [0.15, 0.2) is 5.60 Å². The molecule has 25 heavy (non-hydrogen) atoms. The van der Waals surface area contributed by atoms with Gasteiger partial charge in [-0.2, -0.15) is 0 Å². The number of amides is 2. The molecular formula is C20H30N2O3. The van der Waals surface area contributed by atoms with E-state index in [1.54, 1.807) is 29.2 Å². The molecule has 1 aliphatic rings. The maximum absolute atomic E-state index is 12.6. The van der Waals surface area contributed by atoms with Gasteiger partial charge in [-0.1, -0.05) is 26.0 Å². The number of carbonyl (C=O) groups excluding carboxylic acids is 2. The number of rotatable bonds is 5. The Balaban J connectivity index is 2.23. The minimum atomic E-state index is -1.56. The van der Waals surface area contributed by atoms with Crippen LogP contribution in [0.15, 0.2) is 24.3 Å². The molecule has 0 radical (unpaired) electrons. The van der Waals surface area contributed by atoms with Crippen LogP contribution in [0.1, 0.15) is 64.4 Å². The molecule has 2 atom stereocenters. The highest BCUT2D eigenvalue weighted by molar-refractivity contribution is 5.97. The predicted octanol–water partition coefficient (Wildman–Crippen LogP) is 2.68. The van der Waals surface area contributed by atoms with Crippen molar-refractivity contribution in [1.29, 1.82) is 0 Å². The third-order valence-corrected chi connectivity index (χ3v) is 5.46. The lowest BCUT2D eigenvalue weighted by atomic mass is 9.66. The summed E-state index contributed by atoms with van der Waals surface area (Å²) < 4.78 is 0. The van der Waals surface area contributed by atoms with Crippen molar-refractivity contribution in [3.8, 4) is 0 Å². The third-order valence-electron chi connectivity index (χ3n) is 5.46. The number of hydrogen-bond donors (Lipinski definition) is 2. The second-order valence-corrected chi connectivity index (χ2v) is 8.12. The molecule has 2 rings (SSSR count). The predicted molar refractivity (Wildman–Crippen MR) is 98.2 cm³/mol. The molecule has 1 saturated heterocycles. The zero-order chi connectivity index (χ0) is 19.2. The Kier molecular flexibility index (Phi) is 5.01. The van der Waals surface area contributed by atoms with Crippen LogP contribution in [0.4, 0.5) is 0 Å². The number of nitrogens with one attached hydrogen (secondary N) is 1. The van der Waals surface area contributed by atoms with Gasteiger partial charge in [0, 0.05) is 17.6 Å². The van der Waals surface area contributed by atoms with Gasteiger partial charge in [0.1, 0.15) is 0 Å². The number of aliphatic hydroxyl groups is 1. The minimum Gasteiger partial charge on any atom is -0.374 e. The highest BCUT2D eigenvalue weighted by atomic mass is 16.3. The summed E-state index contributed by atoms with van der Waals surface area (Å²) in [6, 6.07) is 6.76. The molecule has 0 aromatic heterocycles. The zero-order valence-electron chi connectivity index (χ0n) is 16.3. The van der Waals surface area contributed by atoms with E-state index in [0.717, 1.165) is 0 Å². The van der Waals surface area contributed by atoms with Crippen molar-refractivity contribution in [2.75, 3.05) is 0 Å². The first-order valence-electron chi connectivity index (χ1n) is 8.92. The van der Waals surface area contributed by atoms with E-state index in [9.17, 15) is 14.7 Å². The summed E-state index contributed by atoms with van der Waals surface area (Å²) in [6.07, 6.45) is 0. The standard InChI is InChI=1S/C20H30N2O3/c1-12(2)14(5)21-17(23)15-8-10-16(11-9-15)20(25)18(24)22(13(3)4)19(20,6)7/h8-14,25H,1-7H3,(H,21,23)/t14-,20+/m1/s1. The Bertz CT molecular complexity index is 664. The fraction of sp³-hybridized carbons (Fsp3) is 0.600. The first-order valence-corrected chi connectivity index (χ1v) is 8.92. The average molecular weight is 346 g/mol. The van der Waals surface area contributed by atoms with Crippen molar-refractivity contribution in [3.05, 3.63) is 35.4 Å². The molecule has 2 amide bonds. The fourth-order valence-electron chi connectivity index (χ4n) is 3.49. The van der Waals surface area contributed by atoms with Crippen molar-refractivity contribution >= 4 is 11.8 Å². The lowest BCUT2D eigenvalue weighted by Gasteiger charge is -2.61. The van der Waals surface area contributed by atoms with E-state index in [4.69, 9.17) is 0 Å². The molecule has 5 nitrogen and oxygen atoms in total. The van der Waals surface area contributed by atoms with Crippen molar-refractivity contribution in [2.45, 2.75) is 71.7 Å². The molecule has 1 fully saturated rings. The van der Waals surface area contributed by atoms with Crippen LogP contribution in [0.2, 0.25) is 0 Å². The van der Waals surface area contributed by atoms with E-state index in [0.29, 0.717) is 17.0 Å². The highest BCUT2D eigenvalue weighted by Gasteiger charge is 2.67. The van der Waals surface area contributed by atoms with E-state index in [-0.39, 0.29) is 23.9 Å². The van der Waals surface area contributed by atoms with Crippen molar-refractivity contribution in [1.82, 2.24) is 10.2 Å². The van der Waals surface area contributed by atoms with Crippen LogP contribution >= 0.6 is 0 Å². The number of carbonyl (C=O) groups is 2. The minimum absolute atomic E-state index is 0.0188. The molecule has 1 heterocycles. The molecule has 0 spiro atoms. The fourth-order valence-corrected chi connectivity index (χ4v) is 3.49. The summed E-state index contributed by atoms with van der Waals surface area (Å²) in [5.74, 6) is -0.0970. The van der Waals surface area contributed by atoms with Crippen molar-refractivity contribution < 1.29 is 14.7 Å². The van der Waals surface area contributed by atoms with Crippen LogP contribution in [0.25, 0.3) is 0 Å². The first-order chi connectivity index (χ1) is 11.4. The smallest absolute Gasteiger partial charge is 0.262 e. The van der Waals surface area contributed by atoms with E-state index >= 15 is 0 Å². The van der Waals surface area contributed by atoms with Gasteiger partial charge in [-0.05, 0) is 58.2 Å². The Morgan fingerprint density at radius 1 is 1.08 bits per heavy atom. The third kappa shape index (κ3) is 2.95. The second-order valence-electron chi connectivity index (χ2n) is 8.12. The molecule has 5 heteroatoms. The highest BCUT2D eigenvalue weighted by Crippen LogP contribution is 2.49. The van der Waals surface area contributed by atoms with E-state index in [1.165, 1.54) is 0 Å². The quantitative estimate of drug-likeness (QED) is 0.806. The number of benzene rings is 1. The Labute approximate surface area is 150 Å². The van der Waals surface area contributed by atoms with Gasteiger partial charge in [0.25, 0.3) is 11.8 Å². The zero-order valence-corrected chi connectivity index (χ0v) is 16.3. The number of β-lactam (4-membered cyclic amide) rings is 1. The molecule has 1 aliphatic heterocycles. The molecule has 0 aliphatic carbocycles. The Morgan fingerprint density at radius 2 is 1.60 bits per heavy atom. The Hall–Kier alpha value is -1.88. The molecule has 0 bridgehead atoms. The van der Waals surface area contributed by atoms with Crippen LogP contribution in [0, 0.1) is 5.92 Å². The van der Waals surface area contributed by atoms with Crippen LogP contribution in [-0.2, 0) is 10.4 Å². The van der Waals surface area contributed by atoms with E-state index < -0.39 is 11.1 Å². The van der Waals surface area contributed by atoms with Crippen LogP contribution in [0.3, 0.4) is 0 Å². The van der Waals surface area contributed by atoms with E-state index in [2.05, 4.69) is 5.32 Å². The summed E-state index contributed by atoms with van der Waals surface area (Å²) in [7, 11) is 0. The monoisotopic (exact) mass is 346 g/mol. The van der Waals surface area contributed by atoms with Crippen molar-refractivity contribution in [2.24, 2.45) is 5.92 Å². The number of nitrogens with zero attached hydrogens (tertiary/aromatic N) is 1. The topological polar surface area (TPSA) is 69.6 Å². The second kappa shape index (κ2) is 6.45. The summed E-state index contributed by atoms with van der Waals surface area (Å²) in [5, 5.41) is 14.0. The number of hydrogen-bond acceptors (Lipinski definition) is 3. The SMILES string of the molecule is CC(C)[C@@H](C)NC(=O)c1ccc([C@]2(O)C(=O)N(C(C)C)C2(C)C)cc1. The lowest BCUT2D eigenvalue weighted by molar-refractivity contribution is -0.221. The van der Waals surface area contributed by atoms with Crippen molar-refractivity contribution in [3.63, 3.8) is 0 Å². The molecule has 2 N–H and O–H groups in total. The molecule has 0 saturated carbocycles. The molecule has 1 aromatic carbocycles. The molecule has 138 valence electrons. The maximum Gasteiger partial charge on any atom is 0.262 e. The largest absolute Gasteiger partial charge is 0.374 e. The van der Waals surface area contributed by atoms with Gasteiger partial charge in [0.2, 0.25) is 0 Å². The number of likely N-dealkylation sites (tertiary alicyclic amines) is 1. The summed E-state index contributed by atoms with van der Waals surface area (Å²) >= 11 is 0. The lowest BCUT2D eigenvalue weighted by Crippen LogP contribution is -2.79. The normalized spacial score (nSPS) is 23.6. The summed E-state index contributed by atoms with van der Waals surface area (Å²) in [4.78, 5) is 26.6. The molecule has 0 unspecified atom stereocenters. The van der Waals surface area contributed by atoms with E-state index in [1.807, 2.05) is 48.5 Å². The van der Waals surface area contributed by atoms with Gasteiger partial charge in [0.05, 0.1) is 5.54 Å². The van der Waals surface area contributed by atoms with Crippen LogP contribution < -0.4 is 5.32 Å². The van der Waals surface area contributed by atoms with Crippen LogP contribution in [-0.4, -0.2) is 39.4 Å². The maximum atomic E-state index is 12.6.